The number of hydrogen-bond donors (Lipinski definition) is 1. The van der Waals surface area contributed by atoms with Crippen molar-refractivity contribution in [3.05, 3.63) is 18.1 Å². The molecule has 0 aromatic carbocycles. The summed E-state index contributed by atoms with van der Waals surface area (Å²) in [5.41, 5.74) is 0. The van der Waals surface area contributed by atoms with E-state index in [-0.39, 0.29) is 6.42 Å². The number of hydrogen-bond acceptors (Lipinski definition) is 4. The molecule has 1 aliphatic rings. The zero-order valence-electron chi connectivity index (χ0n) is 10.5. The van der Waals surface area contributed by atoms with Gasteiger partial charge in [0, 0.05) is 25.7 Å². The van der Waals surface area contributed by atoms with Gasteiger partial charge >= 0.3 is 5.97 Å². The van der Waals surface area contributed by atoms with Crippen molar-refractivity contribution in [2.24, 2.45) is 0 Å². The van der Waals surface area contributed by atoms with Gasteiger partial charge in [-0.15, -0.1) is 0 Å². The molecule has 2 rings (SSSR count). The van der Waals surface area contributed by atoms with E-state index < -0.39 is 5.97 Å². The molecular weight excluding hydrogens is 230 g/mol. The molecule has 18 heavy (non-hydrogen) atoms. The van der Waals surface area contributed by atoms with Crippen LogP contribution in [0.25, 0.3) is 0 Å². The first-order valence-corrected chi connectivity index (χ1v) is 6.54. The van der Waals surface area contributed by atoms with E-state index in [0.29, 0.717) is 12.2 Å². The van der Waals surface area contributed by atoms with Crippen LogP contribution < -0.4 is 4.90 Å². The highest BCUT2D eigenvalue weighted by molar-refractivity contribution is 5.66. The van der Waals surface area contributed by atoms with Crippen molar-refractivity contribution >= 4 is 11.8 Å². The van der Waals surface area contributed by atoms with Gasteiger partial charge in [-0.3, -0.25) is 4.79 Å². The smallest absolute Gasteiger partial charge is 0.303 e. The summed E-state index contributed by atoms with van der Waals surface area (Å²) in [4.78, 5) is 21.4. The topological polar surface area (TPSA) is 66.3 Å². The van der Waals surface area contributed by atoms with Crippen molar-refractivity contribution < 1.29 is 9.90 Å². The summed E-state index contributed by atoms with van der Waals surface area (Å²) in [6.45, 7) is 2.07. The molecule has 98 valence electrons. The highest BCUT2D eigenvalue weighted by Gasteiger charge is 2.12. The lowest BCUT2D eigenvalue weighted by Gasteiger charge is -2.21. The maximum absolute atomic E-state index is 10.5. The Morgan fingerprint density at radius 1 is 1.28 bits per heavy atom. The Bertz CT molecular complexity index is 401. The molecule has 5 heteroatoms. The highest BCUT2D eigenvalue weighted by Crippen LogP contribution is 2.17. The van der Waals surface area contributed by atoms with Crippen LogP contribution in [0.15, 0.2) is 12.3 Å². The van der Waals surface area contributed by atoms with E-state index in [0.717, 1.165) is 18.9 Å². The van der Waals surface area contributed by atoms with Gasteiger partial charge in [-0.2, -0.15) is 0 Å². The SMILES string of the molecule is O=C(O)CCc1nccc(N2CCCCCC2)n1. The summed E-state index contributed by atoms with van der Waals surface area (Å²) in [5, 5.41) is 8.66. The van der Waals surface area contributed by atoms with Crippen molar-refractivity contribution in [2.75, 3.05) is 18.0 Å². The molecule has 1 saturated heterocycles. The summed E-state index contributed by atoms with van der Waals surface area (Å²) >= 11 is 0. The second-order valence-electron chi connectivity index (χ2n) is 4.63. The summed E-state index contributed by atoms with van der Waals surface area (Å²) in [5.74, 6) is 0.755. The fourth-order valence-electron chi connectivity index (χ4n) is 2.20. The molecule has 1 aromatic rings. The first kappa shape index (κ1) is 12.8. The molecule has 0 aliphatic carbocycles. The molecule has 0 atom stereocenters. The average Bonchev–Trinajstić information content (AvgIpc) is 2.65. The van der Waals surface area contributed by atoms with E-state index in [1.54, 1.807) is 6.20 Å². The molecule has 0 saturated carbocycles. The number of nitrogens with zero attached hydrogens (tertiary/aromatic N) is 3. The Labute approximate surface area is 107 Å². The summed E-state index contributed by atoms with van der Waals surface area (Å²) in [7, 11) is 0. The Balaban J connectivity index is 2.03. The first-order valence-electron chi connectivity index (χ1n) is 6.54. The Morgan fingerprint density at radius 2 is 2.00 bits per heavy atom. The molecule has 5 nitrogen and oxygen atoms in total. The van der Waals surface area contributed by atoms with Gasteiger partial charge < -0.3 is 10.0 Å². The number of carboxylic acids is 1. The van der Waals surface area contributed by atoms with Crippen LogP contribution in [-0.4, -0.2) is 34.1 Å². The molecule has 0 amide bonds. The first-order chi connectivity index (χ1) is 8.75. The van der Waals surface area contributed by atoms with Crippen LogP contribution in [0.1, 0.15) is 37.9 Å². The zero-order chi connectivity index (χ0) is 12.8. The van der Waals surface area contributed by atoms with Crippen LogP contribution in [-0.2, 0) is 11.2 Å². The average molecular weight is 249 g/mol. The Morgan fingerprint density at radius 3 is 2.67 bits per heavy atom. The third-order valence-corrected chi connectivity index (χ3v) is 3.18. The van der Waals surface area contributed by atoms with Gasteiger partial charge in [0.15, 0.2) is 0 Å². The fraction of sp³-hybridized carbons (Fsp3) is 0.615. The minimum atomic E-state index is -0.807. The lowest BCUT2D eigenvalue weighted by atomic mass is 10.2. The van der Waals surface area contributed by atoms with E-state index in [1.165, 1.54) is 25.7 Å². The van der Waals surface area contributed by atoms with Gasteiger partial charge in [-0.1, -0.05) is 12.8 Å². The lowest BCUT2D eigenvalue weighted by molar-refractivity contribution is -0.137. The van der Waals surface area contributed by atoms with Gasteiger partial charge in [0.1, 0.15) is 11.6 Å². The van der Waals surface area contributed by atoms with Gasteiger partial charge in [0.05, 0.1) is 6.42 Å². The second kappa shape index (κ2) is 6.33. The molecule has 2 heterocycles. The second-order valence-corrected chi connectivity index (χ2v) is 4.63. The standard InChI is InChI=1S/C13H19N3O2/c17-13(18)6-5-11-14-8-7-12(15-11)16-9-3-1-2-4-10-16/h7-8H,1-6,9-10H2,(H,17,18). The number of anilines is 1. The molecule has 0 radical (unpaired) electrons. The molecule has 1 N–H and O–H groups in total. The largest absolute Gasteiger partial charge is 0.481 e. The number of aromatic nitrogens is 2. The van der Waals surface area contributed by atoms with Gasteiger partial charge in [0.2, 0.25) is 0 Å². The number of aliphatic carboxylic acids is 1. The van der Waals surface area contributed by atoms with Crippen molar-refractivity contribution in [3.63, 3.8) is 0 Å². The third kappa shape index (κ3) is 3.68. The molecule has 1 fully saturated rings. The van der Waals surface area contributed by atoms with Crippen LogP contribution in [0.3, 0.4) is 0 Å². The Kier molecular flexibility index (Phi) is 4.50. The van der Waals surface area contributed by atoms with Crippen LogP contribution in [0.4, 0.5) is 5.82 Å². The maximum atomic E-state index is 10.5. The van der Waals surface area contributed by atoms with Crippen LogP contribution in [0.5, 0.6) is 0 Å². The summed E-state index contributed by atoms with van der Waals surface area (Å²) < 4.78 is 0. The highest BCUT2D eigenvalue weighted by atomic mass is 16.4. The van der Waals surface area contributed by atoms with Crippen LogP contribution in [0, 0.1) is 0 Å². The monoisotopic (exact) mass is 249 g/mol. The van der Waals surface area contributed by atoms with Gasteiger partial charge in [-0.25, -0.2) is 9.97 Å². The predicted molar refractivity (Wildman–Crippen MR) is 68.7 cm³/mol. The number of rotatable bonds is 4. The van der Waals surface area contributed by atoms with Crippen molar-refractivity contribution in [2.45, 2.75) is 38.5 Å². The lowest BCUT2D eigenvalue weighted by Crippen LogP contribution is -2.25. The Hall–Kier alpha value is -1.65. The summed E-state index contributed by atoms with van der Waals surface area (Å²) in [6.07, 6.45) is 7.19. The molecule has 0 spiro atoms. The number of carbonyl (C=O) groups is 1. The molecule has 1 aliphatic heterocycles. The van der Waals surface area contributed by atoms with Gasteiger partial charge in [0.25, 0.3) is 0 Å². The van der Waals surface area contributed by atoms with Crippen molar-refractivity contribution in [3.8, 4) is 0 Å². The normalized spacial score (nSPS) is 16.3. The van der Waals surface area contributed by atoms with Crippen LogP contribution >= 0.6 is 0 Å². The van der Waals surface area contributed by atoms with E-state index in [1.807, 2.05) is 6.07 Å². The van der Waals surface area contributed by atoms with Crippen LogP contribution in [0.2, 0.25) is 0 Å². The zero-order valence-corrected chi connectivity index (χ0v) is 10.5. The molecule has 0 unspecified atom stereocenters. The molecule has 0 bridgehead atoms. The summed E-state index contributed by atoms with van der Waals surface area (Å²) in [6, 6.07) is 1.91. The quantitative estimate of drug-likeness (QED) is 0.882. The van der Waals surface area contributed by atoms with Crippen molar-refractivity contribution in [1.29, 1.82) is 0 Å². The number of carboxylic acid groups (broad SMARTS) is 1. The minimum Gasteiger partial charge on any atom is -0.481 e. The molecular formula is C13H19N3O2. The van der Waals surface area contributed by atoms with E-state index in [9.17, 15) is 4.79 Å². The van der Waals surface area contributed by atoms with Crippen molar-refractivity contribution in [1.82, 2.24) is 9.97 Å². The maximum Gasteiger partial charge on any atom is 0.303 e. The van der Waals surface area contributed by atoms with E-state index >= 15 is 0 Å². The van der Waals surface area contributed by atoms with E-state index in [2.05, 4.69) is 14.9 Å². The molecule has 1 aromatic heterocycles. The van der Waals surface area contributed by atoms with E-state index in [4.69, 9.17) is 5.11 Å². The third-order valence-electron chi connectivity index (χ3n) is 3.18. The predicted octanol–water partition coefficient (Wildman–Crippen LogP) is 1.87. The fourth-order valence-corrected chi connectivity index (χ4v) is 2.20. The minimum absolute atomic E-state index is 0.0868. The number of aryl methyl sites for hydroxylation is 1. The van der Waals surface area contributed by atoms with Gasteiger partial charge in [-0.05, 0) is 18.9 Å².